The second-order valence-corrected chi connectivity index (χ2v) is 16.4. The molecule has 206 valence electrons. The molecule has 6 rings (SSSR count). The third-order valence-electron chi connectivity index (χ3n) is 8.80. The van der Waals surface area contributed by atoms with Gasteiger partial charge in [-0.05, 0) is 61.7 Å². The third-order valence-corrected chi connectivity index (χ3v) is 15.9. The molecule has 3 heteroatoms. The van der Waals surface area contributed by atoms with Crippen molar-refractivity contribution in [1.82, 2.24) is 0 Å². The van der Waals surface area contributed by atoms with Crippen LogP contribution in [0.15, 0.2) is 115 Å². The van der Waals surface area contributed by atoms with Gasteiger partial charge >= 0.3 is 17.1 Å². The van der Waals surface area contributed by atoms with E-state index in [-0.39, 0.29) is 25.0 Å². The monoisotopic (exact) mass is 594 g/mol. The zero-order chi connectivity index (χ0) is 26.0. The Kier molecular flexibility index (Phi) is 12.1. The summed E-state index contributed by atoms with van der Waals surface area (Å²) < 4.78 is 0. The molecule has 0 heterocycles. The second kappa shape index (κ2) is 15.5. The Labute approximate surface area is 250 Å². The van der Waals surface area contributed by atoms with Crippen LogP contribution in [0.25, 0.3) is 0 Å². The quantitative estimate of drug-likeness (QED) is 0.114. The predicted molar refractivity (Wildman–Crippen MR) is 171 cm³/mol. The van der Waals surface area contributed by atoms with Gasteiger partial charge in [0, 0.05) is 5.16 Å². The Bertz CT molecular complexity index is 1090. The Hall–Kier alpha value is -1.48. The van der Waals surface area contributed by atoms with Crippen molar-refractivity contribution in [2.45, 2.75) is 81.2 Å². The number of benzene rings is 2. The molecule has 0 amide bonds. The summed E-state index contributed by atoms with van der Waals surface area (Å²) in [4.78, 5) is 0. The van der Waals surface area contributed by atoms with Crippen LogP contribution in [-0.2, 0) is 22.2 Å². The molecule has 2 aliphatic rings. The third kappa shape index (κ3) is 7.06. The molecule has 39 heavy (non-hydrogen) atoms. The van der Waals surface area contributed by atoms with Crippen molar-refractivity contribution >= 4 is 26.5 Å². The molecule has 0 aliphatic heterocycles. The summed E-state index contributed by atoms with van der Waals surface area (Å²) in [6.07, 6.45) is 14.3. The van der Waals surface area contributed by atoms with E-state index in [1.165, 1.54) is 63.9 Å². The molecule has 0 saturated heterocycles. The molecule has 0 radical (unpaired) electrons. The molecular weight excluding hydrogens is 550 g/mol. The van der Waals surface area contributed by atoms with Crippen molar-refractivity contribution in [3.05, 3.63) is 121 Å². The Balaban J connectivity index is 0.000000530. The van der Waals surface area contributed by atoms with Gasteiger partial charge in [-0.15, -0.1) is 0 Å². The van der Waals surface area contributed by atoms with Crippen LogP contribution >= 0.6 is 15.8 Å². The van der Waals surface area contributed by atoms with Crippen molar-refractivity contribution in [2.75, 3.05) is 6.16 Å². The first-order valence-corrected chi connectivity index (χ1v) is 17.9. The van der Waals surface area contributed by atoms with E-state index in [9.17, 15) is 0 Å². The first kappa shape index (κ1) is 30.5. The zero-order valence-electron chi connectivity index (χ0n) is 23.4. The van der Waals surface area contributed by atoms with Crippen molar-refractivity contribution in [2.24, 2.45) is 0 Å². The molecule has 3 atom stereocenters. The van der Waals surface area contributed by atoms with Crippen LogP contribution in [0.1, 0.15) is 70.3 Å². The van der Waals surface area contributed by atoms with E-state index in [0.717, 1.165) is 11.3 Å². The first-order chi connectivity index (χ1) is 18.8. The van der Waals surface area contributed by atoms with E-state index in [1.807, 2.05) is 30.3 Å². The predicted octanol–water partition coefficient (Wildman–Crippen LogP) is 9.91. The average molecular weight is 595 g/mol. The SMILES string of the molecule is CCP(C1CCCCC1)[C@@]1(c2ccc[cH-]2)CCCC[C@@H]1P(c1ccccc1)c1ccccc1.[Fe+2].c1cc[cH-]c1. The summed E-state index contributed by atoms with van der Waals surface area (Å²) in [5.74, 6) is 0. The second-order valence-electron chi connectivity index (χ2n) is 10.9. The van der Waals surface area contributed by atoms with Crippen LogP contribution in [0.5, 0.6) is 0 Å². The zero-order valence-corrected chi connectivity index (χ0v) is 26.3. The van der Waals surface area contributed by atoms with Gasteiger partial charge in [0.15, 0.2) is 0 Å². The van der Waals surface area contributed by atoms with Gasteiger partial charge in [0.2, 0.25) is 0 Å². The fraction of sp³-hybridized carbons (Fsp3) is 0.389. The summed E-state index contributed by atoms with van der Waals surface area (Å²) in [5, 5.41) is 3.53. The minimum Gasteiger partial charge on any atom is -0.214 e. The minimum absolute atomic E-state index is 0. The Morgan fingerprint density at radius 2 is 1.31 bits per heavy atom. The number of hydrogen-bond donors (Lipinski definition) is 0. The van der Waals surface area contributed by atoms with E-state index < -0.39 is 7.92 Å². The van der Waals surface area contributed by atoms with E-state index in [4.69, 9.17) is 0 Å². The number of hydrogen-bond acceptors (Lipinski definition) is 0. The van der Waals surface area contributed by atoms with Gasteiger partial charge in [-0.2, -0.15) is 35.9 Å². The van der Waals surface area contributed by atoms with Gasteiger partial charge in [-0.1, -0.05) is 108 Å². The fourth-order valence-corrected chi connectivity index (χ4v) is 15.3. The normalized spacial score (nSPS) is 22.4. The largest absolute Gasteiger partial charge is 2.00 e. The van der Waals surface area contributed by atoms with E-state index in [2.05, 4.69) is 91.9 Å². The van der Waals surface area contributed by atoms with Crippen molar-refractivity contribution in [3.8, 4) is 0 Å². The minimum atomic E-state index is -0.405. The van der Waals surface area contributed by atoms with Crippen molar-refractivity contribution < 1.29 is 17.1 Å². The molecule has 4 aromatic rings. The molecule has 2 aliphatic carbocycles. The van der Waals surface area contributed by atoms with Crippen LogP contribution in [-0.4, -0.2) is 17.5 Å². The Morgan fingerprint density at radius 1 is 0.692 bits per heavy atom. The first-order valence-electron chi connectivity index (χ1n) is 14.9. The van der Waals surface area contributed by atoms with Gasteiger partial charge < -0.3 is 0 Å². The molecule has 0 nitrogen and oxygen atoms in total. The van der Waals surface area contributed by atoms with Crippen molar-refractivity contribution in [3.63, 3.8) is 0 Å². The molecule has 0 bridgehead atoms. The fourth-order valence-electron chi connectivity index (χ4n) is 7.25. The van der Waals surface area contributed by atoms with Gasteiger partial charge in [0.1, 0.15) is 0 Å². The molecule has 0 spiro atoms. The summed E-state index contributed by atoms with van der Waals surface area (Å²) in [6, 6.07) is 42.8. The van der Waals surface area contributed by atoms with Crippen LogP contribution in [0.2, 0.25) is 0 Å². The maximum Gasteiger partial charge on any atom is 2.00 e. The topological polar surface area (TPSA) is 0 Å². The molecule has 0 aromatic heterocycles. The molecular formula is C36H44FeP2. The molecule has 1 unspecified atom stereocenters. The maximum atomic E-state index is 2.53. The molecule has 2 saturated carbocycles. The molecule has 0 N–H and O–H groups in total. The maximum absolute atomic E-state index is 2.53. The smallest absolute Gasteiger partial charge is 0.214 e. The Morgan fingerprint density at radius 3 is 1.82 bits per heavy atom. The van der Waals surface area contributed by atoms with Crippen LogP contribution in [0.3, 0.4) is 0 Å². The van der Waals surface area contributed by atoms with Gasteiger partial charge in [-0.3, -0.25) is 0 Å². The van der Waals surface area contributed by atoms with Gasteiger partial charge in [0.05, 0.1) is 0 Å². The summed E-state index contributed by atoms with van der Waals surface area (Å²) in [5.41, 5.74) is 3.38. The van der Waals surface area contributed by atoms with Gasteiger partial charge in [-0.25, -0.2) is 24.3 Å². The number of rotatable bonds is 7. The summed E-state index contributed by atoms with van der Waals surface area (Å²) >= 11 is 0. The standard InChI is InChI=1S/C31H39P2.C5H5.Fe/c1-2-32(27-18-6-3-7-19-27)31(26-16-12-13-17-26)25-15-14-24-30(31)33(28-20-8-4-9-21-28)29-22-10-5-11-23-29;1-2-4-5-3-1;/h4-5,8-13,16-17,20-23,27,30H,2-3,6-7,14-15,18-19,24-25H2,1H3;1-5H;/q2*-1;+2/t30-,31+,32?;;/m0../s1. The molecule has 2 fully saturated rings. The van der Waals surface area contributed by atoms with Crippen LogP contribution in [0, 0.1) is 0 Å². The van der Waals surface area contributed by atoms with E-state index in [0.29, 0.717) is 5.16 Å². The van der Waals surface area contributed by atoms with Crippen LogP contribution < -0.4 is 10.6 Å². The van der Waals surface area contributed by atoms with Gasteiger partial charge in [0.25, 0.3) is 0 Å². The van der Waals surface area contributed by atoms with Crippen LogP contribution in [0.4, 0.5) is 0 Å². The van der Waals surface area contributed by atoms with E-state index >= 15 is 0 Å². The van der Waals surface area contributed by atoms with E-state index in [1.54, 1.807) is 16.2 Å². The summed E-state index contributed by atoms with van der Waals surface area (Å²) in [6.45, 7) is 2.53. The van der Waals surface area contributed by atoms with Crippen molar-refractivity contribution in [1.29, 1.82) is 0 Å². The summed E-state index contributed by atoms with van der Waals surface area (Å²) in [7, 11) is -0.471. The molecule has 4 aromatic carbocycles. The average Bonchev–Trinajstić information content (AvgIpc) is 3.74.